The second kappa shape index (κ2) is 5.40. The van der Waals surface area contributed by atoms with E-state index in [2.05, 4.69) is 0 Å². The molecule has 0 saturated heterocycles. The molecule has 1 unspecified atom stereocenters. The quantitative estimate of drug-likeness (QED) is 0.373. The molecule has 0 saturated carbocycles. The van der Waals surface area contributed by atoms with E-state index < -0.39 is 10.9 Å². The first-order valence-electron chi connectivity index (χ1n) is 5.02. The summed E-state index contributed by atoms with van der Waals surface area (Å²) >= 11 is 0. The number of nitro benzene ring substituents is 1. The molecule has 0 aliphatic heterocycles. The average Bonchev–Trinajstić information content (AvgIpc) is 2.26. The highest BCUT2D eigenvalue weighted by atomic mass is 16.6. The van der Waals surface area contributed by atoms with Crippen LogP contribution in [0.15, 0.2) is 18.2 Å². The Hall–Kier alpha value is -1.95. The molecule has 0 aromatic heterocycles. The van der Waals surface area contributed by atoms with Crippen molar-refractivity contribution in [2.75, 3.05) is 6.61 Å². The number of ether oxygens (including phenoxy) is 1. The Morgan fingerprint density at radius 3 is 2.65 bits per heavy atom. The SMILES string of the molecule is CC(=O)Oc1cc(C(C)CO)cc([N+](=O)[O-])c1. The number of nitro groups is 1. The van der Waals surface area contributed by atoms with Gasteiger partial charge in [0, 0.05) is 25.5 Å². The topological polar surface area (TPSA) is 89.7 Å². The lowest BCUT2D eigenvalue weighted by atomic mass is 10.0. The van der Waals surface area contributed by atoms with Crippen molar-refractivity contribution in [1.82, 2.24) is 0 Å². The van der Waals surface area contributed by atoms with Gasteiger partial charge in [-0.1, -0.05) is 6.92 Å². The van der Waals surface area contributed by atoms with Crippen molar-refractivity contribution in [3.8, 4) is 5.75 Å². The van der Waals surface area contributed by atoms with Crippen molar-refractivity contribution in [1.29, 1.82) is 0 Å². The van der Waals surface area contributed by atoms with E-state index in [1.807, 2.05) is 0 Å². The van der Waals surface area contributed by atoms with Crippen LogP contribution in [0.1, 0.15) is 25.3 Å². The maximum Gasteiger partial charge on any atom is 0.308 e. The number of benzene rings is 1. The number of hydrogen-bond acceptors (Lipinski definition) is 5. The molecular weight excluding hydrogens is 226 g/mol. The van der Waals surface area contributed by atoms with Gasteiger partial charge in [0.05, 0.1) is 11.0 Å². The monoisotopic (exact) mass is 239 g/mol. The van der Waals surface area contributed by atoms with Crippen LogP contribution in [0, 0.1) is 10.1 Å². The molecule has 0 aliphatic rings. The van der Waals surface area contributed by atoms with Gasteiger partial charge < -0.3 is 9.84 Å². The van der Waals surface area contributed by atoms with Gasteiger partial charge in [-0.15, -0.1) is 0 Å². The molecule has 1 rings (SSSR count). The molecule has 0 spiro atoms. The normalized spacial score (nSPS) is 11.9. The number of hydrogen-bond donors (Lipinski definition) is 1. The van der Waals surface area contributed by atoms with E-state index in [9.17, 15) is 14.9 Å². The third kappa shape index (κ3) is 3.53. The second-order valence-electron chi connectivity index (χ2n) is 3.69. The minimum atomic E-state index is -0.569. The van der Waals surface area contributed by atoms with E-state index in [0.29, 0.717) is 5.56 Å². The van der Waals surface area contributed by atoms with Crippen LogP contribution in [-0.2, 0) is 4.79 Å². The zero-order valence-electron chi connectivity index (χ0n) is 9.54. The summed E-state index contributed by atoms with van der Waals surface area (Å²) in [7, 11) is 0. The molecule has 0 heterocycles. The van der Waals surface area contributed by atoms with E-state index >= 15 is 0 Å². The molecule has 6 nitrogen and oxygen atoms in total. The van der Waals surface area contributed by atoms with Crippen LogP contribution in [-0.4, -0.2) is 22.6 Å². The van der Waals surface area contributed by atoms with Crippen LogP contribution >= 0.6 is 0 Å². The van der Waals surface area contributed by atoms with Crippen molar-refractivity contribution in [2.45, 2.75) is 19.8 Å². The van der Waals surface area contributed by atoms with Crippen molar-refractivity contribution in [3.63, 3.8) is 0 Å². The number of non-ortho nitro benzene ring substituents is 1. The van der Waals surface area contributed by atoms with E-state index in [-0.39, 0.29) is 24.0 Å². The third-order valence-electron chi connectivity index (χ3n) is 2.23. The number of aliphatic hydroxyl groups excluding tert-OH is 1. The summed E-state index contributed by atoms with van der Waals surface area (Å²) in [5.41, 5.74) is 0.386. The first kappa shape index (κ1) is 13.1. The number of carbonyl (C=O) groups excluding carboxylic acids is 1. The predicted octanol–water partition coefficient (Wildman–Crippen LogP) is 1.62. The summed E-state index contributed by atoms with van der Waals surface area (Å²) in [6.07, 6.45) is 0. The van der Waals surface area contributed by atoms with Gasteiger partial charge in [-0.3, -0.25) is 14.9 Å². The van der Waals surface area contributed by atoms with E-state index in [1.165, 1.54) is 25.1 Å². The Bertz CT molecular complexity index is 443. The molecule has 0 fully saturated rings. The van der Waals surface area contributed by atoms with Crippen LogP contribution in [0.2, 0.25) is 0 Å². The van der Waals surface area contributed by atoms with Gasteiger partial charge in [0.15, 0.2) is 0 Å². The van der Waals surface area contributed by atoms with Crippen molar-refractivity contribution in [2.24, 2.45) is 0 Å². The summed E-state index contributed by atoms with van der Waals surface area (Å²) < 4.78 is 4.82. The minimum Gasteiger partial charge on any atom is -0.426 e. The number of carbonyl (C=O) groups is 1. The fourth-order valence-corrected chi connectivity index (χ4v) is 1.33. The van der Waals surface area contributed by atoms with Gasteiger partial charge in [-0.25, -0.2) is 0 Å². The number of esters is 1. The van der Waals surface area contributed by atoms with Crippen LogP contribution in [0.4, 0.5) is 5.69 Å². The Morgan fingerprint density at radius 2 is 2.18 bits per heavy atom. The Balaban J connectivity index is 3.18. The Morgan fingerprint density at radius 1 is 1.53 bits per heavy atom. The molecule has 1 atom stereocenters. The molecule has 1 aromatic rings. The highest BCUT2D eigenvalue weighted by Gasteiger charge is 2.14. The molecule has 1 aromatic carbocycles. The second-order valence-corrected chi connectivity index (χ2v) is 3.69. The maximum absolute atomic E-state index is 10.8. The lowest BCUT2D eigenvalue weighted by Crippen LogP contribution is -2.05. The van der Waals surface area contributed by atoms with Crippen molar-refractivity contribution in [3.05, 3.63) is 33.9 Å². The first-order chi connectivity index (χ1) is 7.93. The smallest absolute Gasteiger partial charge is 0.308 e. The molecule has 0 radical (unpaired) electrons. The largest absolute Gasteiger partial charge is 0.426 e. The molecule has 0 bridgehead atoms. The maximum atomic E-state index is 10.8. The van der Waals surface area contributed by atoms with E-state index in [4.69, 9.17) is 9.84 Å². The summed E-state index contributed by atoms with van der Waals surface area (Å²) in [5.74, 6) is -0.695. The molecule has 6 heteroatoms. The Labute approximate surface area is 98.0 Å². The number of aliphatic hydroxyl groups is 1. The highest BCUT2D eigenvalue weighted by Crippen LogP contribution is 2.27. The van der Waals surface area contributed by atoms with Crippen molar-refractivity contribution >= 4 is 11.7 Å². The van der Waals surface area contributed by atoms with Gasteiger partial charge in [0.2, 0.25) is 0 Å². The van der Waals surface area contributed by atoms with Gasteiger partial charge in [-0.05, 0) is 11.6 Å². The first-order valence-corrected chi connectivity index (χ1v) is 5.02. The van der Waals surface area contributed by atoms with Gasteiger partial charge in [-0.2, -0.15) is 0 Å². The van der Waals surface area contributed by atoms with Gasteiger partial charge >= 0.3 is 5.97 Å². The van der Waals surface area contributed by atoms with Gasteiger partial charge in [0.25, 0.3) is 5.69 Å². The highest BCUT2D eigenvalue weighted by molar-refractivity contribution is 5.69. The Kier molecular flexibility index (Phi) is 4.17. The van der Waals surface area contributed by atoms with E-state index in [0.717, 1.165) is 0 Å². The standard InChI is InChI=1S/C11H13NO5/c1-7(6-13)9-3-10(12(15)16)5-11(4-9)17-8(2)14/h3-5,7,13H,6H2,1-2H3. The fraction of sp³-hybridized carbons (Fsp3) is 0.364. The number of rotatable bonds is 4. The fourth-order valence-electron chi connectivity index (χ4n) is 1.33. The molecular formula is C11H13NO5. The van der Waals surface area contributed by atoms with Crippen LogP contribution in [0.25, 0.3) is 0 Å². The van der Waals surface area contributed by atoms with Crippen molar-refractivity contribution < 1.29 is 19.6 Å². The number of nitrogens with zero attached hydrogens (tertiary/aromatic N) is 1. The molecule has 0 amide bonds. The van der Waals surface area contributed by atoms with Crippen LogP contribution in [0.3, 0.4) is 0 Å². The lowest BCUT2D eigenvalue weighted by Gasteiger charge is -2.10. The molecule has 17 heavy (non-hydrogen) atoms. The minimum absolute atomic E-state index is 0.113. The average molecular weight is 239 g/mol. The zero-order valence-corrected chi connectivity index (χ0v) is 9.54. The summed E-state index contributed by atoms with van der Waals surface area (Å²) in [6, 6.07) is 4.04. The van der Waals surface area contributed by atoms with Crippen LogP contribution < -0.4 is 4.74 Å². The zero-order chi connectivity index (χ0) is 13.0. The van der Waals surface area contributed by atoms with E-state index in [1.54, 1.807) is 6.92 Å². The van der Waals surface area contributed by atoms with Gasteiger partial charge in [0.1, 0.15) is 5.75 Å². The lowest BCUT2D eigenvalue weighted by molar-refractivity contribution is -0.385. The summed E-state index contributed by atoms with van der Waals surface area (Å²) in [6.45, 7) is 2.80. The third-order valence-corrected chi connectivity index (χ3v) is 2.23. The molecule has 0 aliphatic carbocycles. The molecule has 1 N–H and O–H groups in total. The molecule has 92 valence electrons. The summed E-state index contributed by atoms with van der Waals surface area (Å²) in [4.78, 5) is 20.9. The van der Waals surface area contributed by atoms with Crippen LogP contribution in [0.5, 0.6) is 5.75 Å². The predicted molar refractivity (Wildman–Crippen MR) is 59.9 cm³/mol. The summed E-state index contributed by atoms with van der Waals surface area (Å²) in [5, 5.41) is 19.7.